The molecule has 0 radical (unpaired) electrons. The number of ether oxygens (including phenoxy) is 7. The number of likely N-dealkylation sites (tertiary alicyclic amines) is 1. The van der Waals surface area contributed by atoms with Gasteiger partial charge >= 0.3 is 30.1 Å². The summed E-state index contributed by atoms with van der Waals surface area (Å²) in [4.78, 5) is 140. The molecule has 500 valence electrons. The first-order valence-corrected chi connectivity index (χ1v) is 31.1. The van der Waals surface area contributed by atoms with Crippen LogP contribution < -0.4 is 37.9 Å². The van der Waals surface area contributed by atoms with E-state index in [0.29, 0.717) is 66.7 Å². The first-order chi connectivity index (χ1) is 42.9. The molecule has 0 spiro atoms. The highest BCUT2D eigenvalue weighted by Gasteiger charge is 2.52. The predicted octanol–water partition coefficient (Wildman–Crippen LogP) is 4.26. The minimum atomic E-state index is -2.16. The van der Waals surface area contributed by atoms with Crippen molar-refractivity contribution in [3.05, 3.63) is 61.7 Å². The van der Waals surface area contributed by atoms with Crippen LogP contribution in [0, 0.1) is 18.7 Å². The van der Waals surface area contributed by atoms with Crippen molar-refractivity contribution in [1.29, 1.82) is 0 Å². The second-order valence-corrected chi connectivity index (χ2v) is 25.5. The minimum absolute atomic E-state index is 0.0264. The number of hydrogen-bond donors (Lipinski definition) is 7. The number of carboxylic acid groups (broad SMARTS) is 1. The number of fused-ring (bicyclic) bond motifs is 5. The Morgan fingerprint density at radius 1 is 0.835 bits per heavy atom. The molecule has 1 saturated heterocycles. The van der Waals surface area contributed by atoms with Crippen molar-refractivity contribution in [3.63, 3.8) is 0 Å². The van der Waals surface area contributed by atoms with Crippen LogP contribution in [0.2, 0.25) is 0 Å². The smallest absolute Gasteiger partial charge is 0.408 e. The highest BCUT2D eigenvalue weighted by Crippen LogP contribution is 2.46. The lowest BCUT2D eigenvalue weighted by atomic mass is 9.82. The third-order valence-corrected chi connectivity index (χ3v) is 16.1. The number of aromatic nitrogens is 2. The third-order valence-electron chi connectivity index (χ3n) is 16.1. The van der Waals surface area contributed by atoms with Gasteiger partial charge < -0.3 is 80.0 Å². The molecule has 4 aliphatic rings. The van der Waals surface area contributed by atoms with Crippen LogP contribution in [0.25, 0.3) is 22.3 Å². The maximum Gasteiger partial charge on any atom is 0.408 e. The quantitative estimate of drug-likeness (QED) is 0.0227. The number of aryl methyl sites for hydroxylation is 1. The zero-order valence-electron chi connectivity index (χ0n) is 53.7. The molecule has 3 aliphatic heterocycles. The Morgan fingerprint density at radius 2 is 1.51 bits per heavy atom. The molecular formula is C63H88FN9O18. The monoisotopic (exact) mass is 1280 g/mol. The molecule has 6 amide bonds. The van der Waals surface area contributed by atoms with Crippen molar-refractivity contribution in [2.45, 2.75) is 194 Å². The maximum absolute atomic E-state index is 15.3. The van der Waals surface area contributed by atoms with E-state index in [2.05, 4.69) is 26.6 Å². The predicted molar refractivity (Wildman–Crippen MR) is 325 cm³/mol. The van der Waals surface area contributed by atoms with E-state index in [1.165, 1.54) is 10.6 Å². The Balaban J connectivity index is 0.865. The Hall–Kier alpha value is -7.82. The Bertz CT molecular complexity index is 3300. The van der Waals surface area contributed by atoms with Gasteiger partial charge in [0.25, 0.3) is 5.56 Å². The number of nitrogens with one attached hydrogen (secondary N) is 5. The van der Waals surface area contributed by atoms with Crippen molar-refractivity contribution < 1.29 is 85.8 Å². The number of amides is 6. The highest BCUT2D eigenvalue weighted by molar-refractivity contribution is 5.97. The number of aliphatic carboxylic acids is 1. The van der Waals surface area contributed by atoms with E-state index in [-0.39, 0.29) is 96.1 Å². The van der Waals surface area contributed by atoms with E-state index in [1.54, 1.807) is 75.3 Å². The average Bonchev–Trinajstić information content (AvgIpc) is 1.63. The molecule has 0 bridgehead atoms. The number of nitrogens with zero attached hydrogens (tertiary/aromatic N) is 3. The molecule has 8 N–H and O–H groups in total. The summed E-state index contributed by atoms with van der Waals surface area (Å²) in [5.41, 5.74) is 6.64. The fourth-order valence-corrected chi connectivity index (χ4v) is 11.6. The van der Waals surface area contributed by atoms with Gasteiger partial charge in [-0.05, 0) is 129 Å². The summed E-state index contributed by atoms with van der Waals surface area (Å²) in [6.45, 7) is 17.6. The molecule has 7 rings (SSSR count). The molecule has 91 heavy (non-hydrogen) atoms. The summed E-state index contributed by atoms with van der Waals surface area (Å²) in [7, 11) is 0. The number of carboxylic acids is 1. The van der Waals surface area contributed by atoms with Gasteiger partial charge in [0.15, 0.2) is 0 Å². The zero-order valence-corrected chi connectivity index (χ0v) is 53.7. The van der Waals surface area contributed by atoms with E-state index in [0.717, 1.165) is 21.4 Å². The molecule has 1 aromatic carbocycles. The number of hydrogen-bond acceptors (Lipinski definition) is 19. The molecule has 0 unspecified atom stereocenters. The third kappa shape index (κ3) is 17.6. The van der Waals surface area contributed by atoms with Crippen LogP contribution in [0.5, 0.6) is 0 Å². The Morgan fingerprint density at radius 3 is 2.16 bits per heavy atom. The SMILES string of the molecule is CC[C@@]1(OC(=O)[C@@H](NC(=O)[C@@H]2CCCN2C(=O)[C@H](CC(=O)O)NC(=O)CCOCCOCCOCCNC(=O)[C@H](CCCCNC(=O)OC(C)(C)C)NC(=O)OC(C)(C)C)C(C)C)C(=O)OCc2c1cc1n(c2=O)Cc2c-1nc1cc(F)c(C)c3c1c2[C@@H](N)CC3. The van der Waals surface area contributed by atoms with Crippen molar-refractivity contribution in [2.24, 2.45) is 11.7 Å². The number of carbonyl (C=O) groups is 9. The standard InChI is InChI=1S/C63H88FN9O18/c1-11-63(39-29-46-52-37(32-73(46)55(79)38(39)33-88-58(63)82)49-41(65)18-17-36-35(4)40(64)30-43(69-52)50(36)49)89-57(81)51(34(2)3)71-54(78)45-16-14-22-72(45)56(80)44(31-48(75)76)68-47(74)19-23-85-25-27-87-28-26-86-24-21-66-53(77)42(70-60(84)91-62(8,9)10)15-12-13-20-67-59(83)90-61(5,6)7/h29-30,34,41-42,44-45,51H,11-28,31-33,65H2,1-10H3,(H,66,77)(H,67,83)(H,68,74)(H,70,84)(H,71,78)(H,75,76)/t41-,42-,44-,45-,51-,63-/m0/s1. The summed E-state index contributed by atoms with van der Waals surface area (Å²) in [6.07, 6.45) is 0.296. The van der Waals surface area contributed by atoms with E-state index in [4.69, 9.17) is 43.9 Å². The first-order valence-electron chi connectivity index (χ1n) is 31.1. The molecule has 1 aliphatic carbocycles. The lowest BCUT2D eigenvalue weighted by Crippen LogP contribution is -2.57. The van der Waals surface area contributed by atoms with E-state index >= 15 is 4.39 Å². The molecule has 28 heteroatoms. The van der Waals surface area contributed by atoms with Crippen LogP contribution in [0.1, 0.15) is 160 Å². The zero-order chi connectivity index (χ0) is 66.7. The largest absolute Gasteiger partial charge is 0.481 e. The second kappa shape index (κ2) is 30.5. The normalized spacial score (nSPS) is 18.4. The number of alkyl carbamates (subject to hydrolysis) is 2. The van der Waals surface area contributed by atoms with Crippen LogP contribution in [-0.2, 0) is 91.9 Å². The minimum Gasteiger partial charge on any atom is -0.481 e. The number of nitrogens with two attached hydrogens (primary N) is 1. The summed E-state index contributed by atoms with van der Waals surface area (Å²) in [6, 6.07) is -2.58. The van der Waals surface area contributed by atoms with Crippen LogP contribution in [0.4, 0.5) is 14.0 Å². The first kappa shape index (κ1) is 70.6. The molecule has 6 atom stereocenters. The van der Waals surface area contributed by atoms with Crippen LogP contribution in [0.3, 0.4) is 0 Å². The number of pyridine rings is 2. The highest BCUT2D eigenvalue weighted by atomic mass is 19.1. The van der Waals surface area contributed by atoms with Gasteiger partial charge in [-0.3, -0.25) is 28.8 Å². The lowest BCUT2D eigenvalue weighted by Gasteiger charge is -2.37. The molecule has 5 heterocycles. The van der Waals surface area contributed by atoms with Gasteiger partial charge in [0.2, 0.25) is 29.2 Å². The van der Waals surface area contributed by atoms with Gasteiger partial charge in [0.05, 0.1) is 75.1 Å². The van der Waals surface area contributed by atoms with Gasteiger partial charge in [-0.1, -0.05) is 20.8 Å². The number of esters is 2. The number of cyclic esters (lactones) is 1. The summed E-state index contributed by atoms with van der Waals surface area (Å²) < 4.78 is 55.7. The second-order valence-electron chi connectivity index (χ2n) is 25.5. The molecule has 27 nitrogen and oxygen atoms in total. The van der Waals surface area contributed by atoms with Crippen LogP contribution >= 0.6 is 0 Å². The van der Waals surface area contributed by atoms with E-state index < -0.39 is 131 Å². The summed E-state index contributed by atoms with van der Waals surface area (Å²) >= 11 is 0. The van der Waals surface area contributed by atoms with Gasteiger partial charge in [0.1, 0.15) is 47.8 Å². The molecule has 3 aromatic rings. The van der Waals surface area contributed by atoms with Crippen molar-refractivity contribution >= 4 is 64.6 Å². The Labute approximate surface area is 527 Å². The molecular weight excluding hydrogens is 1190 g/mol. The fraction of sp³-hybridized carbons (Fsp3) is 0.635. The lowest BCUT2D eigenvalue weighted by molar-refractivity contribution is -0.191. The summed E-state index contributed by atoms with van der Waals surface area (Å²) in [5.74, 6) is -7.23. The molecule has 0 saturated carbocycles. The van der Waals surface area contributed by atoms with Gasteiger partial charge in [0, 0.05) is 54.7 Å². The number of unbranched alkanes of at least 4 members (excludes halogenated alkanes) is 1. The summed E-state index contributed by atoms with van der Waals surface area (Å²) in [5, 5.41) is 23.7. The maximum atomic E-state index is 15.3. The Kier molecular flexibility index (Phi) is 23.7. The number of carbonyl (C=O) groups excluding carboxylic acids is 8. The number of halogens is 1. The van der Waals surface area contributed by atoms with Crippen molar-refractivity contribution in [1.82, 2.24) is 41.0 Å². The van der Waals surface area contributed by atoms with Crippen LogP contribution in [-0.4, -0.2) is 168 Å². The number of rotatable bonds is 29. The molecule has 2 aromatic heterocycles. The van der Waals surface area contributed by atoms with E-state index in [9.17, 15) is 53.1 Å². The van der Waals surface area contributed by atoms with Gasteiger partial charge in [-0.15, -0.1) is 0 Å². The van der Waals surface area contributed by atoms with Gasteiger partial charge in [-0.2, -0.15) is 0 Å². The topological polar surface area (TPSA) is 363 Å². The fourth-order valence-electron chi connectivity index (χ4n) is 11.6. The number of benzene rings is 1. The average molecular weight is 1280 g/mol. The van der Waals surface area contributed by atoms with Crippen molar-refractivity contribution in [2.75, 3.05) is 59.3 Å². The van der Waals surface area contributed by atoms with Crippen LogP contribution in [0.15, 0.2) is 16.9 Å². The van der Waals surface area contributed by atoms with Crippen molar-refractivity contribution in [3.8, 4) is 11.4 Å². The van der Waals surface area contributed by atoms with E-state index in [1.807, 2.05) is 0 Å². The molecule has 1 fully saturated rings. The van der Waals surface area contributed by atoms with Gasteiger partial charge in [-0.25, -0.2) is 28.6 Å².